The molecule has 0 spiro atoms. The van der Waals surface area contributed by atoms with Gasteiger partial charge in [0.25, 0.3) is 0 Å². The molecule has 4 rings (SSSR count). The summed E-state index contributed by atoms with van der Waals surface area (Å²) in [5.74, 6) is 1.95. The number of allylic oxidation sites excluding steroid dienone is 1. The Morgan fingerprint density at radius 1 is 0.972 bits per heavy atom. The van der Waals surface area contributed by atoms with Gasteiger partial charge in [0.2, 0.25) is 5.91 Å². The minimum Gasteiger partial charge on any atom is -0.497 e. The average molecular weight is 486 g/mol. The molecule has 36 heavy (non-hydrogen) atoms. The first-order chi connectivity index (χ1) is 17.5. The molecule has 1 N–H and O–H groups in total. The minimum atomic E-state index is -0.148. The van der Waals surface area contributed by atoms with Gasteiger partial charge in [0.1, 0.15) is 22.8 Å². The van der Waals surface area contributed by atoms with Gasteiger partial charge in [-0.25, -0.2) is 0 Å². The van der Waals surface area contributed by atoms with Gasteiger partial charge >= 0.3 is 0 Å². The smallest absolute Gasteiger partial charge is 0.244 e. The highest BCUT2D eigenvalue weighted by Gasteiger charge is 2.20. The lowest BCUT2D eigenvalue weighted by Crippen LogP contribution is -2.23. The van der Waals surface area contributed by atoms with E-state index >= 15 is 0 Å². The number of carbonyl (C=O) groups excluding carboxylic acids is 1. The van der Waals surface area contributed by atoms with Crippen LogP contribution in [0.4, 0.5) is 0 Å². The Kier molecular flexibility index (Phi) is 7.64. The number of hydrogen-bond donors (Lipinski definition) is 1. The second kappa shape index (κ2) is 11.0. The summed E-state index contributed by atoms with van der Waals surface area (Å²) in [7, 11) is 4.89. The van der Waals surface area contributed by atoms with E-state index in [-0.39, 0.29) is 5.91 Å². The van der Waals surface area contributed by atoms with Crippen molar-refractivity contribution in [2.75, 3.05) is 27.9 Å². The van der Waals surface area contributed by atoms with Crippen LogP contribution in [0.2, 0.25) is 0 Å². The molecule has 0 aliphatic carbocycles. The van der Waals surface area contributed by atoms with Crippen LogP contribution >= 0.6 is 0 Å². The van der Waals surface area contributed by atoms with Crippen molar-refractivity contribution in [3.05, 3.63) is 83.6 Å². The second-order valence-electron chi connectivity index (χ2n) is 8.53. The molecule has 4 aromatic rings. The standard InChI is InChI=1S/C30H31NO5/c1-19(15-28(32)31-14-13-21-9-7-6-8-10-21)23-17-25-26(18-36-30(25)20(2)29(23)35-5)24-16-22(33-3)11-12-27(24)34-4/h6-12,15-18H,13-14H2,1-5H3,(H,31,32)/b19-15+. The molecule has 1 heterocycles. The van der Waals surface area contributed by atoms with Crippen molar-refractivity contribution in [3.63, 3.8) is 0 Å². The van der Waals surface area contributed by atoms with Crippen LogP contribution in [0.5, 0.6) is 17.2 Å². The molecule has 3 aromatic carbocycles. The number of benzene rings is 3. The van der Waals surface area contributed by atoms with E-state index in [1.807, 2.05) is 56.3 Å². The molecule has 0 bridgehead atoms. The van der Waals surface area contributed by atoms with E-state index < -0.39 is 0 Å². The molecule has 0 aliphatic heterocycles. The van der Waals surface area contributed by atoms with Gasteiger partial charge in [-0.1, -0.05) is 30.3 Å². The lowest BCUT2D eigenvalue weighted by atomic mass is 9.96. The van der Waals surface area contributed by atoms with Crippen LogP contribution in [0.15, 0.2) is 71.4 Å². The highest BCUT2D eigenvalue weighted by atomic mass is 16.5. The van der Waals surface area contributed by atoms with E-state index in [4.69, 9.17) is 18.6 Å². The molecule has 0 saturated heterocycles. The summed E-state index contributed by atoms with van der Waals surface area (Å²) in [6.07, 6.45) is 4.10. The number of aryl methyl sites for hydroxylation is 1. The summed E-state index contributed by atoms with van der Waals surface area (Å²) in [4.78, 5) is 12.7. The van der Waals surface area contributed by atoms with Crippen LogP contribution in [0, 0.1) is 6.92 Å². The van der Waals surface area contributed by atoms with Gasteiger partial charge in [-0.2, -0.15) is 0 Å². The van der Waals surface area contributed by atoms with E-state index in [1.165, 1.54) is 5.56 Å². The molecule has 1 amide bonds. The average Bonchev–Trinajstić information content (AvgIpc) is 3.33. The molecule has 0 aliphatic rings. The molecule has 0 atom stereocenters. The van der Waals surface area contributed by atoms with Gasteiger partial charge in [-0.15, -0.1) is 0 Å². The predicted octanol–water partition coefficient (Wildman–Crippen LogP) is 6.20. The number of carbonyl (C=O) groups is 1. The number of rotatable bonds is 9. The molecular formula is C30H31NO5. The lowest BCUT2D eigenvalue weighted by molar-refractivity contribution is -0.116. The first-order valence-corrected chi connectivity index (χ1v) is 11.8. The molecule has 0 fully saturated rings. The minimum absolute atomic E-state index is 0.148. The fraction of sp³-hybridized carbons (Fsp3) is 0.233. The van der Waals surface area contributed by atoms with Crippen molar-refractivity contribution < 1.29 is 23.4 Å². The first-order valence-electron chi connectivity index (χ1n) is 11.8. The van der Waals surface area contributed by atoms with Crippen LogP contribution in [-0.2, 0) is 11.2 Å². The molecular weight excluding hydrogens is 454 g/mol. The quantitative estimate of drug-likeness (QED) is 0.286. The third kappa shape index (κ3) is 5.08. The molecule has 186 valence electrons. The van der Waals surface area contributed by atoms with E-state index in [2.05, 4.69) is 17.4 Å². The van der Waals surface area contributed by atoms with E-state index in [1.54, 1.807) is 33.7 Å². The van der Waals surface area contributed by atoms with Gasteiger partial charge in [-0.3, -0.25) is 4.79 Å². The van der Waals surface area contributed by atoms with E-state index in [0.29, 0.717) is 23.8 Å². The Labute approximate surface area is 211 Å². The summed E-state index contributed by atoms with van der Waals surface area (Å²) in [5.41, 5.74) is 6.09. The van der Waals surface area contributed by atoms with E-state index in [9.17, 15) is 4.79 Å². The molecule has 0 radical (unpaired) electrons. The number of fused-ring (bicyclic) bond motifs is 1. The van der Waals surface area contributed by atoms with Gasteiger partial charge in [0.05, 0.1) is 27.6 Å². The first kappa shape index (κ1) is 24.9. The Morgan fingerprint density at radius 3 is 2.44 bits per heavy atom. The summed E-state index contributed by atoms with van der Waals surface area (Å²) in [5, 5.41) is 3.87. The zero-order valence-electron chi connectivity index (χ0n) is 21.3. The van der Waals surface area contributed by atoms with Crippen LogP contribution in [0.3, 0.4) is 0 Å². The molecule has 6 nitrogen and oxygen atoms in total. The normalized spacial score (nSPS) is 11.4. The lowest BCUT2D eigenvalue weighted by Gasteiger charge is -2.14. The van der Waals surface area contributed by atoms with Crippen molar-refractivity contribution in [1.82, 2.24) is 5.32 Å². The number of ether oxygens (including phenoxy) is 3. The molecule has 1 aromatic heterocycles. The Bertz CT molecular complexity index is 1400. The highest BCUT2D eigenvalue weighted by molar-refractivity contribution is 6.02. The van der Waals surface area contributed by atoms with Crippen LogP contribution < -0.4 is 19.5 Å². The topological polar surface area (TPSA) is 69.9 Å². The summed E-state index contributed by atoms with van der Waals surface area (Å²) in [6.45, 7) is 4.42. The largest absolute Gasteiger partial charge is 0.497 e. The van der Waals surface area contributed by atoms with E-state index in [0.717, 1.165) is 45.2 Å². The molecule has 0 unspecified atom stereocenters. The van der Waals surface area contributed by atoms with Crippen LogP contribution in [-0.4, -0.2) is 33.8 Å². The number of furan rings is 1. The van der Waals surface area contributed by atoms with Crippen LogP contribution in [0.25, 0.3) is 27.7 Å². The van der Waals surface area contributed by atoms with Crippen molar-refractivity contribution >= 4 is 22.4 Å². The number of hydrogen-bond acceptors (Lipinski definition) is 5. The summed E-state index contributed by atoms with van der Waals surface area (Å²) >= 11 is 0. The van der Waals surface area contributed by atoms with Gasteiger partial charge in [-0.05, 0) is 55.7 Å². The zero-order valence-corrected chi connectivity index (χ0v) is 21.3. The maximum atomic E-state index is 12.7. The summed E-state index contributed by atoms with van der Waals surface area (Å²) < 4.78 is 22.8. The van der Waals surface area contributed by atoms with Crippen molar-refractivity contribution in [2.45, 2.75) is 20.3 Å². The predicted molar refractivity (Wildman–Crippen MR) is 143 cm³/mol. The maximum absolute atomic E-state index is 12.7. The van der Waals surface area contributed by atoms with Gasteiger partial charge in [0.15, 0.2) is 0 Å². The number of amides is 1. The van der Waals surface area contributed by atoms with Crippen molar-refractivity contribution in [1.29, 1.82) is 0 Å². The maximum Gasteiger partial charge on any atom is 0.244 e. The number of nitrogens with one attached hydrogen (secondary N) is 1. The third-order valence-electron chi connectivity index (χ3n) is 6.27. The van der Waals surface area contributed by atoms with Crippen molar-refractivity contribution in [2.24, 2.45) is 0 Å². The SMILES string of the molecule is COc1ccc(OC)c(-c2coc3c(C)c(OC)c(/C(C)=C/C(=O)NCCc4ccccc4)cc23)c1. The Balaban J connectivity index is 1.69. The molecule has 6 heteroatoms. The fourth-order valence-corrected chi connectivity index (χ4v) is 4.41. The Morgan fingerprint density at radius 2 is 1.75 bits per heavy atom. The summed E-state index contributed by atoms with van der Waals surface area (Å²) in [6, 6.07) is 17.7. The third-order valence-corrected chi connectivity index (χ3v) is 6.27. The van der Waals surface area contributed by atoms with Gasteiger partial charge in [0, 0.05) is 40.3 Å². The van der Waals surface area contributed by atoms with Crippen LogP contribution in [0.1, 0.15) is 23.6 Å². The highest BCUT2D eigenvalue weighted by Crippen LogP contribution is 2.43. The zero-order chi connectivity index (χ0) is 25.7. The van der Waals surface area contributed by atoms with Crippen molar-refractivity contribution in [3.8, 4) is 28.4 Å². The fourth-order valence-electron chi connectivity index (χ4n) is 4.41. The monoisotopic (exact) mass is 485 g/mol. The second-order valence-corrected chi connectivity index (χ2v) is 8.53. The molecule has 0 saturated carbocycles. The van der Waals surface area contributed by atoms with Gasteiger partial charge < -0.3 is 23.9 Å². The Hall–Kier alpha value is -4.19. The number of methoxy groups -OCH3 is 3.